The van der Waals surface area contributed by atoms with Crippen LogP contribution in [-0.4, -0.2) is 25.5 Å². The van der Waals surface area contributed by atoms with Gasteiger partial charge in [-0.15, -0.1) is 0 Å². The number of benzene rings is 2. The van der Waals surface area contributed by atoms with Crippen LogP contribution >= 0.6 is 0 Å². The van der Waals surface area contributed by atoms with Crippen molar-refractivity contribution >= 4 is 17.5 Å². The largest absolute Gasteiger partial charge is 0.494 e. The fraction of sp³-hybridized carbons (Fsp3) is 0.417. The summed E-state index contributed by atoms with van der Waals surface area (Å²) in [5.74, 6) is 0.651. The number of hydrogen-bond donors (Lipinski definition) is 2. The second-order valence-corrected chi connectivity index (χ2v) is 7.11. The first-order chi connectivity index (χ1) is 14.1. The van der Waals surface area contributed by atoms with Gasteiger partial charge in [0.25, 0.3) is 5.91 Å². The Balaban J connectivity index is 1.77. The van der Waals surface area contributed by atoms with Crippen molar-refractivity contribution in [2.45, 2.75) is 51.9 Å². The van der Waals surface area contributed by atoms with Gasteiger partial charge in [-0.2, -0.15) is 0 Å². The minimum Gasteiger partial charge on any atom is -0.494 e. The molecule has 2 amide bonds. The normalized spacial score (nSPS) is 10.4. The van der Waals surface area contributed by atoms with Gasteiger partial charge in [0, 0.05) is 24.7 Å². The molecule has 2 N–H and O–H groups in total. The molecule has 2 rings (SSSR count). The number of carbonyl (C=O) groups excluding carboxylic acids is 2. The summed E-state index contributed by atoms with van der Waals surface area (Å²) in [6.07, 6.45) is 7.16. The van der Waals surface area contributed by atoms with E-state index in [2.05, 4.69) is 17.6 Å². The molecule has 0 aliphatic rings. The zero-order valence-corrected chi connectivity index (χ0v) is 17.5. The lowest BCUT2D eigenvalue weighted by Crippen LogP contribution is -2.17. The van der Waals surface area contributed by atoms with E-state index in [1.807, 2.05) is 36.4 Å². The molecule has 0 radical (unpaired) electrons. The average Bonchev–Trinajstić information content (AvgIpc) is 2.75. The minimum atomic E-state index is -0.158. The first kappa shape index (κ1) is 22.5. The number of hydrogen-bond acceptors (Lipinski definition) is 3. The molecule has 0 fully saturated rings. The van der Waals surface area contributed by atoms with Crippen LogP contribution in [0.15, 0.2) is 48.5 Å². The lowest BCUT2D eigenvalue weighted by Gasteiger charge is -2.09. The number of carbonyl (C=O) groups is 2. The summed E-state index contributed by atoms with van der Waals surface area (Å²) in [5, 5.41) is 5.50. The number of amides is 2. The molecule has 2 aromatic carbocycles. The molecule has 0 atom stereocenters. The number of anilines is 1. The summed E-state index contributed by atoms with van der Waals surface area (Å²) in [5.41, 5.74) is 2.37. The van der Waals surface area contributed by atoms with Crippen LogP contribution in [0.2, 0.25) is 0 Å². The molecule has 0 heterocycles. The quantitative estimate of drug-likeness (QED) is 0.498. The highest BCUT2D eigenvalue weighted by atomic mass is 16.5. The Morgan fingerprint density at radius 3 is 2.24 bits per heavy atom. The van der Waals surface area contributed by atoms with Gasteiger partial charge in [0.05, 0.1) is 6.61 Å². The van der Waals surface area contributed by atoms with Gasteiger partial charge < -0.3 is 15.4 Å². The maximum atomic E-state index is 12.4. The Morgan fingerprint density at radius 2 is 1.59 bits per heavy atom. The SMILES string of the molecule is CCCCCCCOc1ccc(C(=O)Nc2ccc(CCC(=O)NC)cc2)cc1. The molecule has 0 aliphatic carbocycles. The van der Waals surface area contributed by atoms with Crippen LogP contribution in [0.5, 0.6) is 5.75 Å². The Morgan fingerprint density at radius 1 is 0.897 bits per heavy atom. The minimum absolute atomic E-state index is 0.0197. The van der Waals surface area contributed by atoms with Crippen molar-refractivity contribution in [3.05, 3.63) is 59.7 Å². The molecule has 0 aliphatic heterocycles. The predicted molar refractivity (Wildman–Crippen MR) is 117 cm³/mol. The second-order valence-electron chi connectivity index (χ2n) is 7.11. The third-order valence-electron chi connectivity index (χ3n) is 4.76. The van der Waals surface area contributed by atoms with Crippen molar-refractivity contribution in [1.29, 1.82) is 0 Å². The van der Waals surface area contributed by atoms with E-state index in [1.54, 1.807) is 19.2 Å². The number of aryl methyl sites for hydroxylation is 1. The van der Waals surface area contributed by atoms with E-state index in [-0.39, 0.29) is 11.8 Å². The number of unbranched alkanes of at least 4 members (excludes halogenated alkanes) is 4. The van der Waals surface area contributed by atoms with Crippen molar-refractivity contribution in [3.63, 3.8) is 0 Å². The molecule has 0 aromatic heterocycles. The maximum absolute atomic E-state index is 12.4. The van der Waals surface area contributed by atoms with Crippen molar-refractivity contribution in [2.24, 2.45) is 0 Å². The molecule has 0 saturated heterocycles. The van der Waals surface area contributed by atoms with E-state index >= 15 is 0 Å². The van der Waals surface area contributed by atoms with E-state index in [0.717, 1.165) is 23.4 Å². The van der Waals surface area contributed by atoms with Gasteiger partial charge >= 0.3 is 0 Å². The lowest BCUT2D eigenvalue weighted by atomic mass is 10.1. The van der Waals surface area contributed by atoms with E-state index in [9.17, 15) is 9.59 Å². The Bertz CT molecular complexity index is 755. The molecular formula is C24H32N2O3. The third kappa shape index (κ3) is 8.38. The van der Waals surface area contributed by atoms with Gasteiger partial charge in [0.2, 0.25) is 5.91 Å². The third-order valence-corrected chi connectivity index (χ3v) is 4.76. The van der Waals surface area contributed by atoms with E-state index in [1.165, 1.54) is 25.7 Å². The highest BCUT2D eigenvalue weighted by Gasteiger charge is 2.07. The summed E-state index contributed by atoms with van der Waals surface area (Å²) in [4.78, 5) is 23.7. The fourth-order valence-corrected chi connectivity index (χ4v) is 2.94. The monoisotopic (exact) mass is 396 g/mol. The molecule has 0 unspecified atom stereocenters. The van der Waals surface area contributed by atoms with Crippen molar-refractivity contribution < 1.29 is 14.3 Å². The van der Waals surface area contributed by atoms with Crippen LogP contribution in [-0.2, 0) is 11.2 Å². The molecule has 29 heavy (non-hydrogen) atoms. The molecule has 156 valence electrons. The Hall–Kier alpha value is -2.82. The van der Waals surface area contributed by atoms with Gasteiger partial charge in [0.15, 0.2) is 0 Å². The van der Waals surface area contributed by atoms with Crippen molar-refractivity contribution in [1.82, 2.24) is 5.32 Å². The van der Waals surface area contributed by atoms with Crippen LogP contribution in [0.3, 0.4) is 0 Å². The maximum Gasteiger partial charge on any atom is 0.255 e. The van der Waals surface area contributed by atoms with E-state index < -0.39 is 0 Å². The molecule has 5 nitrogen and oxygen atoms in total. The highest BCUT2D eigenvalue weighted by molar-refractivity contribution is 6.04. The van der Waals surface area contributed by atoms with Crippen LogP contribution < -0.4 is 15.4 Å². The first-order valence-corrected chi connectivity index (χ1v) is 10.5. The van der Waals surface area contributed by atoms with Crippen LogP contribution in [0.4, 0.5) is 5.69 Å². The van der Waals surface area contributed by atoms with Crippen LogP contribution in [0.25, 0.3) is 0 Å². The Kier molecular flexibility index (Phi) is 9.76. The zero-order valence-electron chi connectivity index (χ0n) is 17.5. The molecular weight excluding hydrogens is 364 g/mol. The summed E-state index contributed by atoms with van der Waals surface area (Å²) < 4.78 is 5.74. The van der Waals surface area contributed by atoms with Crippen molar-refractivity contribution in [3.8, 4) is 5.75 Å². The zero-order chi connectivity index (χ0) is 20.9. The highest BCUT2D eigenvalue weighted by Crippen LogP contribution is 2.16. The predicted octanol–water partition coefficient (Wildman–Crippen LogP) is 4.97. The standard InChI is InChI=1S/C24H32N2O3/c1-3-4-5-6-7-18-29-22-15-11-20(12-16-22)24(28)26-21-13-8-19(9-14-21)10-17-23(27)25-2/h8-9,11-16H,3-7,10,17-18H2,1-2H3,(H,25,27)(H,26,28). The number of rotatable bonds is 12. The summed E-state index contributed by atoms with van der Waals surface area (Å²) in [7, 11) is 1.63. The molecule has 5 heteroatoms. The summed E-state index contributed by atoms with van der Waals surface area (Å²) in [6.45, 7) is 2.92. The van der Waals surface area contributed by atoms with Crippen molar-refractivity contribution in [2.75, 3.05) is 19.0 Å². The van der Waals surface area contributed by atoms with Gasteiger partial charge in [-0.3, -0.25) is 9.59 Å². The molecule has 0 spiro atoms. The topological polar surface area (TPSA) is 67.4 Å². The smallest absolute Gasteiger partial charge is 0.255 e. The van der Waals surface area contributed by atoms with E-state index in [4.69, 9.17) is 4.74 Å². The molecule has 0 saturated carbocycles. The average molecular weight is 397 g/mol. The Labute approximate surface area is 173 Å². The second kappa shape index (κ2) is 12.6. The lowest BCUT2D eigenvalue weighted by molar-refractivity contribution is -0.120. The summed E-state index contributed by atoms with van der Waals surface area (Å²) in [6, 6.07) is 14.8. The van der Waals surface area contributed by atoms with Crippen LogP contribution in [0, 0.1) is 0 Å². The van der Waals surface area contributed by atoms with E-state index in [0.29, 0.717) is 25.0 Å². The fourth-order valence-electron chi connectivity index (χ4n) is 2.94. The first-order valence-electron chi connectivity index (χ1n) is 10.5. The number of nitrogens with one attached hydrogen (secondary N) is 2. The molecule has 0 bridgehead atoms. The summed E-state index contributed by atoms with van der Waals surface area (Å²) >= 11 is 0. The van der Waals surface area contributed by atoms with Gasteiger partial charge in [-0.25, -0.2) is 0 Å². The van der Waals surface area contributed by atoms with Gasteiger partial charge in [-0.05, 0) is 54.8 Å². The number of ether oxygens (including phenoxy) is 1. The van der Waals surface area contributed by atoms with Crippen LogP contribution in [0.1, 0.15) is 61.4 Å². The molecule has 2 aromatic rings. The van der Waals surface area contributed by atoms with Gasteiger partial charge in [-0.1, -0.05) is 44.7 Å². The van der Waals surface area contributed by atoms with Gasteiger partial charge in [0.1, 0.15) is 5.75 Å².